The summed E-state index contributed by atoms with van der Waals surface area (Å²) in [7, 11) is 0. The van der Waals surface area contributed by atoms with Gasteiger partial charge in [0.25, 0.3) is 0 Å². The van der Waals surface area contributed by atoms with Crippen LogP contribution in [0.1, 0.15) is 18.2 Å². The molecule has 158 valence electrons. The van der Waals surface area contributed by atoms with Crippen molar-refractivity contribution in [3.63, 3.8) is 0 Å². The highest BCUT2D eigenvalue weighted by molar-refractivity contribution is 14.0. The van der Waals surface area contributed by atoms with Gasteiger partial charge in [-0.2, -0.15) is 0 Å². The lowest BCUT2D eigenvalue weighted by Crippen LogP contribution is -2.63. The molecule has 3 fully saturated rings. The fourth-order valence-corrected chi connectivity index (χ4v) is 3.84. The van der Waals surface area contributed by atoms with Crippen LogP contribution in [0.5, 0.6) is 0 Å². The quantitative estimate of drug-likeness (QED) is 0.354. The van der Waals surface area contributed by atoms with Crippen molar-refractivity contribution >= 4 is 29.9 Å². The second-order valence-electron chi connectivity index (χ2n) is 7.58. The highest BCUT2D eigenvalue weighted by Crippen LogP contribution is 2.19. The van der Waals surface area contributed by atoms with E-state index in [1.807, 2.05) is 12.1 Å². The SMILES string of the molecule is CCNC(=NCc1coc(-c2ccc(C)cc2)n1)NCC1CN2CCN1CC2.I. The van der Waals surface area contributed by atoms with Crippen LogP contribution in [0.3, 0.4) is 0 Å². The summed E-state index contributed by atoms with van der Waals surface area (Å²) in [4.78, 5) is 14.4. The van der Waals surface area contributed by atoms with E-state index in [1.165, 1.54) is 31.7 Å². The second-order valence-corrected chi connectivity index (χ2v) is 7.58. The van der Waals surface area contributed by atoms with Crippen molar-refractivity contribution in [1.29, 1.82) is 0 Å². The predicted molar refractivity (Wildman–Crippen MR) is 127 cm³/mol. The summed E-state index contributed by atoms with van der Waals surface area (Å²) in [5, 5.41) is 6.83. The van der Waals surface area contributed by atoms with E-state index in [1.54, 1.807) is 6.26 Å². The maximum absolute atomic E-state index is 5.64. The van der Waals surface area contributed by atoms with Gasteiger partial charge in [-0.15, -0.1) is 24.0 Å². The van der Waals surface area contributed by atoms with Crippen LogP contribution >= 0.6 is 24.0 Å². The van der Waals surface area contributed by atoms with E-state index in [0.717, 1.165) is 36.9 Å². The van der Waals surface area contributed by atoms with Gasteiger partial charge in [-0.1, -0.05) is 17.7 Å². The highest BCUT2D eigenvalue weighted by atomic mass is 127. The van der Waals surface area contributed by atoms with Crippen LogP contribution in [0.4, 0.5) is 0 Å². The average molecular weight is 510 g/mol. The Morgan fingerprint density at radius 3 is 2.59 bits per heavy atom. The van der Waals surface area contributed by atoms with Crippen molar-refractivity contribution in [2.45, 2.75) is 26.4 Å². The summed E-state index contributed by atoms with van der Waals surface area (Å²) in [6.07, 6.45) is 1.70. The van der Waals surface area contributed by atoms with E-state index in [-0.39, 0.29) is 24.0 Å². The molecule has 1 aromatic carbocycles. The predicted octanol–water partition coefficient (Wildman–Crippen LogP) is 2.32. The number of hydrogen-bond acceptors (Lipinski definition) is 5. The zero-order valence-electron chi connectivity index (χ0n) is 17.2. The van der Waals surface area contributed by atoms with Gasteiger partial charge in [0.2, 0.25) is 5.89 Å². The molecule has 0 radical (unpaired) electrons. The number of piperazine rings is 3. The average Bonchev–Trinajstić information content (AvgIpc) is 3.20. The minimum atomic E-state index is 0. The number of guanidine groups is 1. The zero-order chi connectivity index (χ0) is 19.3. The molecule has 0 aliphatic carbocycles. The Kier molecular flexibility index (Phi) is 7.91. The Hall–Kier alpha value is -1.65. The third-order valence-electron chi connectivity index (χ3n) is 5.49. The maximum atomic E-state index is 5.64. The zero-order valence-corrected chi connectivity index (χ0v) is 19.6. The molecule has 2 aromatic rings. The monoisotopic (exact) mass is 510 g/mol. The van der Waals surface area contributed by atoms with Crippen molar-refractivity contribution in [3.05, 3.63) is 41.8 Å². The summed E-state index contributed by atoms with van der Waals surface area (Å²) in [5.74, 6) is 1.48. The molecule has 0 amide bonds. The fraction of sp³-hybridized carbons (Fsp3) is 0.524. The molecular formula is C21H31IN6O. The van der Waals surface area contributed by atoms with E-state index in [2.05, 4.69) is 51.4 Å². The van der Waals surface area contributed by atoms with E-state index in [4.69, 9.17) is 9.41 Å². The molecule has 2 N–H and O–H groups in total. The summed E-state index contributed by atoms with van der Waals surface area (Å²) in [6, 6.07) is 8.75. The van der Waals surface area contributed by atoms with Gasteiger partial charge in [0, 0.05) is 57.4 Å². The molecule has 8 heteroatoms. The molecule has 3 aliphatic rings. The third kappa shape index (κ3) is 5.70. The normalized spacial score (nSPS) is 23.5. The van der Waals surface area contributed by atoms with E-state index >= 15 is 0 Å². The Balaban J connectivity index is 0.00000240. The largest absolute Gasteiger partial charge is 0.444 e. The van der Waals surface area contributed by atoms with Crippen LogP contribution in [0, 0.1) is 6.92 Å². The molecule has 1 unspecified atom stereocenters. The van der Waals surface area contributed by atoms with Gasteiger partial charge in [0.1, 0.15) is 12.0 Å². The van der Waals surface area contributed by atoms with Crippen LogP contribution in [-0.2, 0) is 6.54 Å². The first kappa shape index (κ1) is 22.0. The molecule has 5 rings (SSSR count). The number of oxazole rings is 1. The molecule has 1 atom stereocenters. The molecule has 3 aliphatic heterocycles. The number of nitrogens with one attached hydrogen (secondary N) is 2. The van der Waals surface area contributed by atoms with Gasteiger partial charge in [0.15, 0.2) is 5.96 Å². The number of rotatable bonds is 6. The molecule has 0 saturated carbocycles. The number of fused-ring (bicyclic) bond motifs is 3. The minimum absolute atomic E-state index is 0. The molecule has 1 aromatic heterocycles. The summed E-state index contributed by atoms with van der Waals surface area (Å²) < 4.78 is 5.64. The molecule has 7 nitrogen and oxygen atoms in total. The van der Waals surface area contributed by atoms with E-state index < -0.39 is 0 Å². The number of nitrogens with zero attached hydrogens (tertiary/aromatic N) is 4. The first-order chi connectivity index (χ1) is 13.7. The fourth-order valence-electron chi connectivity index (χ4n) is 3.84. The van der Waals surface area contributed by atoms with Crippen LogP contribution in [0.2, 0.25) is 0 Å². The highest BCUT2D eigenvalue weighted by Gasteiger charge is 2.31. The summed E-state index contributed by atoms with van der Waals surface area (Å²) >= 11 is 0. The molecule has 4 heterocycles. The van der Waals surface area contributed by atoms with Gasteiger partial charge in [0.05, 0.1) is 6.54 Å². The van der Waals surface area contributed by atoms with Gasteiger partial charge in [-0.25, -0.2) is 9.98 Å². The smallest absolute Gasteiger partial charge is 0.226 e. The Morgan fingerprint density at radius 1 is 1.17 bits per heavy atom. The van der Waals surface area contributed by atoms with Crippen molar-refractivity contribution in [3.8, 4) is 11.5 Å². The third-order valence-corrected chi connectivity index (χ3v) is 5.49. The summed E-state index contributed by atoms with van der Waals surface area (Å²) in [5.41, 5.74) is 3.04. The van der Waals surface area contributed by atoms with E-state index in [0.29, 0.717) is 18.5 Å². The number of benzene rings is 1. The van der Waals surface area contributed by atoms with Gasteiger partial charge < -0.3 is 15.1 Å². The Labute approximate surface area is 190 Å². The van der Waals surface area contributed by atoms with Gasteiger partial charge >= 0.3 is 0 Å². The minimum Gasteiger partial charge on any atom is -0.444 e. The number of aryl methyl sites for hydroxylation is 1. The van der Waals surface area contributed by atoms with Crippen LogP contribution in [0.15, 0.2) is 39.9 Å². The van der Waals surface area contributed by atoms with Crippen molar-refractivity contribution in [2.24, 2.45) is 4.99 Å². The Bertz CT molecular complexity index is 798. The van der Waals surface area contributed by atoms with Gasteiger partial charge in [-0.05, 0) is 26.0 Å². The molecule has 0 spiro atoms. The van der Waals surface area contributed by atoms with Crippen molar-refractivity contribution in [1.82, 2.24) is 25.4 Å². The molecule has 3 saturated heterocycles. The lowest BCUT2D eigenvalue weighted by Gasteiger charge is -2.47. The number of aromatic nitrogens is 1. The Morgan fingerprint density at radius 2 is 1.93 bits per heavy atom. The second kappa shape index (κ2) is 10.4. The lowest BCUT2D eigenvalue weighted by atomic mass is 10.1. The van der Waals surface area contributed by atoms with Gasteiger partial charge in [-0.3, -0.25) is 9.80 Å². The van der Waals surface area contributed by atoms with Crippen molar-refractivity contribution < 1.29 is 4.42 Å². The molecule has 2 bridgehead atoms. The number of hydrogen-bond donors (Lipinski definition) is 2. The number of halogens is 1. The van der Waals surface area contributed by atoms with Crippen molar-refractivity contribution in [2.75, 3.05) is 45.8 Å². The van der Waals surface area contributed by atoms with Crippen LogP contribution in [-0.4, -0.2) is 72.6 Å². The van der Waals surface area contributed by atoms with Crippen LogP contribution in [0.25, 0.3) is 11.5 Å². The lowest BCUT2D eigenvalue weighted by molar-refractivity contribution is 0.0154. The number of aliphatic imine (C=N–C) groups is 1. The maximum Gasteiger partial charge on any atom is 0.226 e. The topological polar surface area (TPSA) is 68.9 Å². The van der Waals surface area contributed by atoms with Crippen LogP contribution < -0.4 is 10.6 Å². The van der Waals surface area contributed by atoms with E-state index in [9.17, 15) is 0 Å². The first-order valence-corrected chi connectivity index (χ1v) is 10.2. The summed E-state index contributed by atoms with van der Waals surface area (Å²) in [6.45, 7) is 12.3. The first-order valence-electron chi connectivity index (χ1n) is 10.2. The molecule has 29 heavy (non-hydrogen) atoms. The molecular weight excluding hydrogens is 479 g/mol. The standard InChI is InChI=1S/C21H30N6O.HI/c1-3-22-21(24-13-19-14-26-8-10-27(19)11-9-26)23-12-18-15-28-20(25-18)17-6-4-16(2)5-7-17;/h4-7,15,19H,3,8-14H2,1-2H3,(H2,22,23,24);1H.